The molecule has 2 heterocycles. The van der Waals surface area contributed by atoms with Gasteiger partial charge in [-0.05, 0) is 23.8 Å². The van der Waals surface area contributed by atoms with E-state index in [1.165, 1.54) is 12.3 Å². The van der Waals surface area contributed by atoms with Crippen LogP contribution in [0.15, 0.2) is 71.6 Å². The summed E-state index contributed by atoms with van der Waals surface area (Å²) in [6, 6.07) is 13.2. The summed E-state index contributed by atoms with van der Waals surface area (Å²) in [5.41, 5.74) is 6.00. The van der Waals surface area contributed by atoms with Crippen LogP contribution in [0.5, 0.6) is 0 Å². The molecule has 0 aliphatic heterocycles. The molecule has 0 fully saturated rings. The highest BCUT2D eigenvalue weighted by molar-refractivity contribution is 6.35. The predicted octanol–water partition coefficient (Wildman–Crippen LogP) is 1.00. The van der Waals surface area contributed by atoms with Crippen molar-refractivity contribution in [2.75, 3.05) is 0 Å². The van der Waals surface area contributed by atoms with Gasteiger partial charge in [0.05, 0.1) is 25.5 Å². The molecule has 29 heavy (non-hydrogen) atoms. The van der Waals surface area contributed by atoms with Gasteiger partial charge in [0.2, 0.25) is 0 Å². The lowest BCUT2D eigenvalue weighted by Crippen LogP contribution is -2.47. The summed E-state index contributed by atoms with van der Waals surface area (Å²) in [6.45, 7) is 0.685. The first-order valence-corrected chi connectivity index (χ1v) is 8.75. The predicted molar refractivity (Wildman–Crippen MR) is 104 cm³/mol. The topological polar surface area (TPSA) is 118 Å². The number of amides is 3. The SMILES string of the molecule is O=C(/C=C/c1cnn(Cc2ccccc2)c1)NNC(=O)C(=O)NCc1ccco1. The zero-order valence-corrected chi connectivity index (χ0v) is 15.4. The van der Waals surface area contributed by atoms with E-state index >= 15 is 0 Å². The molecular formula is C20H19N5O4. The van der Waals surface area contributed by atoms with Crippen molar-refractivity contribution < 1.29 is 18.8 Å². The quantitative estimate of drug-likeness (QED) is 0.328. The minimum Gasteiger partial charge on any atom is -0.467 e. The smallest absolute Gasteiger partial charge is 0.327 e. The fourth-order valence-corrected chi connectivity index (χ4v) is 2.37. The molecule has 9 nitrogen and oxygen atoms in total. The molecule has 0 bridgehead atoms. The molecule has 3 aromatic rings. The van der Waals surface area contributed by atoms with Crippen LogP contribution in [0.1, 0.15) is 16.9 Å². The number of benzene rings is 1. The number of hydrogen-bond acceptors (Lipinski definition) is 5. The molecule has 3 rings (SSSR count). The Bertz CT molecular complexity index is 993. The zero-order valence-electron chi connectivity index (χ0n) is 15.4. The molecule has 1 aromatic carbocycles. The molecule has 3 N–H and O–H groups in total. The first-order valence-electron chi connectivity index (χ1n) is 8.75. The first-order chi connectivity index (χ1) is 14.1. The Balaban J connectivity index is 1.41. The van der Waals surface area contributed by atoms with Crippen molar-refractivity contribution in [2.45, 2.75) is 13.1 Å². The fourth-order valence-electron chi connectivity index (χ4n) is 2.37. The number of nitrogens with one attached hydrogen (secondary N) is 3. The Kier molecular flexibility index (Phi) is 6.56. The van der Waals surface area contributed by atoms with Crippen molar-refractivity contribution in [1.29, 1.82) is 0 Å². The summed E-state index contributed by atoms with van der Waals surface area (Å²) < 4.78 is 6.79. The third-order valence-corrected chi connectivity index (χ3v) is 3.78. The van der Waals surface area contributed by atoms with Gasteiger partial charge < -0.3 is 9.73 Å². The lowest BCUT2D eigenvalue weighted by molar-refractivity contribution is -0.140. The largest absolute Gasteiger partial charge is 0.467 e. The van der Waals surface area contributed by atoms with Crippen molar-refractivity contribution in [2.24, 2.45) is 0 Å². The number of hydrazine groups is 1. The van der Waals surface area contributed by atoms with Crippen LogP contribution < -0.4 is 16.2 Å². The van der Waals surface area contributed by atoms with Gasteiger partial charge in [-0.2, -0.15) is 5.10 Å². The summed E-state index contributed by atoms with van der Waals surface area (Å²) >= 11 is 0. The molecule has 0 saturated carbocycles. The van der Waals surface area contributed by atoms with E-state index < -0.39 is 17.7 Å². The van der Waals surface area contributed by atoms with E-state index in [-0.39, 0.29) is 6.54 Å². The van der Waals surface area contributed by atoms with Gasteiger partial charge in [-0.3, -0.25) is 29.9 Å². The van der Waals surface area contributed by atoms with E-state index in [2.05, 4.69) is 15.8 Å². The van der Waals surface area contributed by atoms with Crippen molar-refractivity contribution in [3.8, 4) is 0 Å². The summed E-state index contributed by atoms with van der Waals surface area (Å²) in [7, 11) is 0. The highest BCUT2D eigenvalue weighted by atomic mass is 16.3. The lowest BCUT2D eigenvalue weighted by Gasteiger charge is -2.05. The molecule has 148 valence electrons. The highest BCUT2D eigenvalue weighted by Gasteiger charge is 2.13. The van der Waals surface area contributed by atoms with Gasteiger partial charge in [0.1, 0.15) is 5.76 Å². The average molecular weight is 393 g/mol. The van der Waals surface area contributed by atoms with Crippen LogP contribution in [-0.4, -0.2) is 27.5 Å². The van der Waals surface area contributed by atoms with E-state index in [1.54, 1.807) is 35.3 Å². The van der Waals surface area contributed by atoms with Crippen LogP contribution in [0.2, 0.25) is 0 Å². The Morgan fingerprint density at radius 3 is 2.62 bits per heavy atom. The van der Waals surface area contributed by atoms with Crippen LogP contribution >= 0.6 is 0 Å². The maximum atomic E-state index is 11.8. The zero-order chi connectivity index (χ0) is 20.5. The Hall–Kier alpha value is -4.14. The molecule has 9 heteroatoms. The van der Waals surface area contributed by atoms with Crippen LogP contribution in [-0.2, 0) is 27.5 Å². The van der Waals surface area contributed by atoms with Gasteiger partial charge >= 0.3 is 11.8 Å². The second-order valence-electron chi connectivity index (χ2n) is 6.00. The Labute approximate surface area is 166 Å². The summed E-state index contributed by atoms with van der Waals surface area (Å²) in [5, 5.41) is 6.60. The molecule has 0 spiro atoms. The molecule has 0 unspecified atom stereocenters. The number of aromatic nitrogens is 2. The summed E-state index contributed by atoms with van der Waals surface area (Å²) in [5.74, 6) is -1.97. The minimum absolute atomic E-state index is 0.0695. The second kappa shape index (κ2) is 9.70. The van der Waals surface area contributed by atoms with Gasteiger partial charge in [0, 0.05) is 17.8 Å². The molecule has 3 amide bonds. The maximum Gasteiger partial charge on any atom is 0.327 e. The number of hydrogen-bond donors (Lipinski definition) is 3. The monoisotopic (exact) mass is 393 g/mol. The van der Waals surface area contributed by atoms with Crippen LogP contribution in [0, 0.1) is 0 Å². The van der Waals surface area contributed by atoms with Gasteiger partial charge in [-0.15, -0.1) is 0 Å². The van der Waals surface area contributed by atoms with Crippen LogP contribution in [0.25, 0.3) is 6.08 Å². The van der Waals surface area contributed by atoms with E-state index in [1.807, 2.05) is 35.8 Å². The van der Waals surface area contributed by atoms with Crippen LogP contribution in [0.3, 0.4) is 0 Å². The maximum absolute atomic E-state index is 11.8. The van der Waals surface area contributed by atoms with Crippen molar-refractivity contribution in [3.63, 3.8) is 0 Å². The highest BCUT2D eigenvalue weighted by Crippen LogP contribution is 2.05. The summed E-state index contributed by atoms with van der Waals surface area (Å²) in [4.78, 5) is 35.1. The minimum atomic E-state index is -0.992. The lowest BCUT2D eigenvalue weighted by atomic mass is 10.2. The van der Waals surface area contributed by atoms with Crippen LogP contribution in [0.4, 0.5) is 0 Å². The summed E-state index contributed by atoms with van der Waals surface area (Å²) in [6.07, 6.45) is 7.64. The van der Waals surface area contributed by atoms with Crippen molar-refractivity contribution in [1.82, 2.24) is 25.9 Å². The molecule has 0 aliphatic rings. The number of nitrogens with zero attached hydrogens (tertiary/aromatic N) is 2. The van der Waals surface area contributed by atoms with E-state index in [0.717, 1.165) is 11.1 Å². The first kappa shape index (κ1) is 19.6. The third-order valence-electron chi connectivity index (χ3n) is 3.78. The number of furan rings is 1. The number of carbonyl (C=O) groups is 3. The molecule has 0 atom stereocenters. The van der Waals surface area contributed by atoms with Gasteiger partial charge in [0.25, 0.3) is 5.91 Å². The molecule has 0 radical (unpaired) electrons. The Morgan fingerprint density at radius 1 is 1.03 bits per heavy atom. The normalized spacial score (nSPS) is 10.6. The van der Waals surface area contributed by atoms with Gasteiger partial charge in [-0.1, -0.05) is 30.3 Å². The van der Waals surface area contributed by atoms with Crippen molar-refractivity contribution >= 4 is 23.8 Å². The molecule has 0 saturated heterocycles. The fraction of sp³-hybridized carbons (Fsp3) is 0.100. The standard InChI is InChI=1S/C20H19N5O4/c26-18(23-24-20(28)19(27)21-12-17-7-4-10-29-17)9-8-16-11-22-25(14-16)13-15-5-2-1-3-6-15/h1-11,14H,12-13H2,(H,21,27)(H,23,26)(H,24,28)/b9-8+. The molecule has 2 aromatic heterocycles. The van der Waals surface area contributed by atoms with Gasteiger partial charge in [-0.25, -0.2) is 0 Å². The van der Waals surface area contributed by atoms with E-state index in [0.29, 0.717) is 12.3 Å². The van der Waals surface area contributed by atoms with Crippen molar-refractivity contribution in [3.05, 3.63) is 84.1 Å². The Morgan fingerprint density at radius 2 is 1.86 bits per heavy atom. The second-order valence-corrected chi connectivity index (χ2v) is 6.00. The molecular weight excluding hydrogens is 374 g/mol. The van der Waals surface area contributed by atoms with E-state index in [4.69, 9.17) is 4.42 Å². The number of carbonyl (C=O) groups excluding carboxylic acids is 3. The third kappa shape index (κ3) is 6.21. The molecule has 0 aliphatic carbocycles. The number of rotatable bonds is 6. The van der Waals surface area contributed by atoms with Gasteiger partial charge in [0.15, 0.2) is 0 Å². The van der Waals surface area contributed by atoms with E-state index in [9.17, 15) is 14.4 Å². The average Bonchev–Trinajstić information content (AvgIpc) is 3.41.